The molecule has 1 aromatic rings. The molecule has 2 N–H and O–H groups in total. The number of hydrogen-bond acceptors (Lipinski definition) is 1. The zero-order chi connectivity index (χ0) is 12.3. The van der Waals surface area contributed by atoms with Gasteiger partial charge < -0.3 is 5.73 Å². The molecule has 90 valence electrons. The van der Waals surface area contributed by atoms with Crippen molar-refractivity contribution in [1.82, 2.24) is 0 Å². The predicted octanol–water partition coefficient (Wildman–Crippen LogP) is 4.22. The Kier molecular flexibility index (Phi) is 4.75. The molecule has 0 amide bonds. The van der Waals surface area contributed by atoms with Crippen LogP contribution in [0.5, 0.6) is 0 Å². The first-order valence-electron chi connectivity index (χ1n) is 5.63. The highest BCUT2D eigenvalue weighted by Gasteiger charge is 2.17. The Morgan fingerprint density at radius 1 is 1.31 bits per heavy atom. The van der Waals surface area contributed by atoms with E-state index in [0.29, 0.717) is 22.1 Å². The maximum absolute atomic E-state index is 13.9. The summed E-state index contributed by atoms with van der Waals surface area (Å²) in [6, 6.07) is 3.08. The molecule has 0 aliphatic rings. The molecule has 0 spiro atoms. The molecule has 0 fully saturated rings. The Morgan fingerprint density at radius 2 is 1.94 bits per heavy atom. The van der Waals surface area contributed by atoms with Crippen molar-refractivity contribution in [3.05, 3.63) is 34.1 Å². The van der Waals surface area contributed by atoms with E-state index in [1.54, 1.807) is 19.1 Å². The van der Waals surface area contributed by atoms with E-state index < -0.39 is 0 Å². The van der Waals surface area contributed by atoms with Crippen LogP contribution in [-0.4, -0.2) is 0 Å². The molecule has 0 aromatic heterocycles. The van der Waals surface area contributed by atoms with Crippen molar-refractivity contribution < 1.29 is 4.39 Å². The number of nitrogens with two attached hydrogens (primary N) is 1. The second-order valence-electron chi connectivity index (χ2n) is 4.67. The largest absolute Gasteiger partial charge is 0.324 e. The fraction of sp³-hybridized carbons (Fsp3) is 0.538. The molecule has 0 saturated heterocycles. The molecule has 3 heteroatoms. The Labute approximate surface area is 102 Å². The zero-order valence-electron chi connectivity index (χ0n) is 10.1. The standard InChI is InChI=1S/C13H19ClFN/c1-8(2)4-7-11(16)12-10(14)6-5-9(3)13(12)15/h5-6,8,11H,4,7,16H2,1-3H3/t11-/m0/s1. The van der Waals surface area contributed by atoms with Crippen molar-refractivity contribution >= 4 is 11.6 Å². The number of benzene rings is 1. The molecule has 1 rings (SSSR count). The summed E-state index contributed by atoms with van der Waals surface area (Å²) in [6.45, 7) is 5.98. The third-order valence-electron chi connectivity index (χ3n) is 2.75. The number of hydrogen-bond donors (Lipinski definition) is 1. The third-order valence-corrected chi connectivity index (χ3v) is 3.08. The molecule has 16 heavy (non-hydrogen) atoms. The second kappa shape index (κ2) is 5.65. The summed E-state index contributed by atoms with van der Waals surface area (Å²) in [5, 5.41) is 0.430. The van der Waals surface area contributed by atoms with Crippen LogP contribution in [0.1, 0.15) is 43.9 Å². The van der Waals surface area contributed by atoms with E-state index in [-0.39, 0.29) is 11.9 Å². The minimum atomic E-state index is -0.310. The van der Waals surface area contributed by atoms with Gasteiger partial charge in [0.15, 0.2) is 0 Å². The molecule has 0 heterocycles. The fourth-order valence-corrected chi connectivity index (χ4v) is 1.96. The molecule has 1 aromatic carbocycles. The van der Waals surface area contributed by atoms with E-state index in [1.165, 1.54) is 0 Å². The van der Waals surface area contributed by atoms with Crippen LogP contribution in [0.3, 0.4) is 0 Å². The topological polar surface area (TPSA) is 26.0 Å². The first kappa shape index (κ1) is 13.5. The van der Waals surface area contributed by atoms with E-state index in [9.17, 15) is 4.39 Å². The molecular weight excluding hydrogens is 225 g/mol. The summed E-state index contributed by atoms with van der Waals surface area (Å²) in [5.74, 6) is 0.307. The van der Waals surface area contributed by atoms with Crippen molar-refractivity contribution in [2.24, 2.45) is 11.7 Å². The van der Waals surface area contributed by atoms with Crippen LogP contribution in [0.15, 0.2) is 12.1 Å². The molecule has 1 nitrogen and oxygen atoms in total. The number of rotatable bonds is 4. The average Bonchev–Trinajstić information content (AvgIpc) is 2.21. The van der Waals surface area contributed by atoms with Gasteiger partial charge in [-0.05, 0) is 37.3 Å². The SMILES string of the molecule is Cc1ccc(Cl)c([C@@H](N)CCC(C)C)c1F. The maximum atomic E-state index is 13.9. The van der Waals surface area contributed by atoms with Gasteiger partial charge in [0.1, 0.15) is 5.82 Å². The molecule has 0 bridgehead atoms. The molecule has 0 saturated carbocycles. The minimum Gasteiger partial charge on any atom is -0.324 e. The Morgan fingerprint density at radius 3 is 2.50 bits per heavy atom. The first-order valence-corrected chi connectivity index (χ1v) is 6.01. The maximum Gasteiger partial charge on any atom is 0.132 e. The van der Waals surface area contributed by atoms with Crippen LogP contribution in [0, 0.1) is 18.7 Å². The van der Waals surface area contributed by atoms with Crippen LogP contribution < -0.4 is 5.73 Å². The Balaban J connectivity index is 2.90. The molecule has 0 aliphatic heterocycles. The van der Waals surface area contributed by atoms with Crippen molar-refractivity contribution in [3.8, 4) is 0 Å². The van der Waals surface area contributed by atoms with Gasteiger partial charge in [-0.15, -0.1) is 0 Å². The lowest BCUT2D eigenvalue weighted by Crippen LogP contribution is -2.14. The number of aryl methyl sites for hydroxylation is 1. The molecule has 0 unspecified atom stereocenters. The fourth-order valence-electron chi connectivity index (χ4n) is 1.68. The molecule has 0 aliphatic carbocycles. The second-order valence-corrected chi connectivity index (χ2v) is 5.08. The Bertz CT molecular complexity index is 363. The summed E-state index contributed by atoms with van der Waals surface area (Å²) in [6.07, 6.45) is 1.74. The highest BCUT2D eigenvalue weighted by molar-refractivity contribution is 6.31. The highest BCUT2D eigenvalue weighted by Crippen LogP contribution is 2.29. The Hall–Kier alpha value is -0.600. The van der Waals surface area contributed by atoms with Gasteiger partial charge in [-0.3, -0.25) is 0 Å². The van der Waals surface area contributed by atoms with Gasteiger partial charge >= 0.3 is 0 Å². The van der Waals surface area contributed by atoms with E-state index in [1.807, 2.05) is 0 Å². The quantitative estimate of drug-likeness (QED) is 0.842. The van der Waals surface area contributed by atoms with Gasteiger partial charge in [0.25, 0.3) is 0 Å². The van der Waals surface area contributed by atoms with Gasteiger partial charge in [0, 0.05) is 16.6 Å². The smallest absolute Gasteiger partial charge is 0.132 e. The summed E-state index contributed by atoms with van der Waals surface area (Å²) in [5.41, 5.74) is 7.05. The summed E-state index contributed by atoms with van der Waals surface area (Å²) in [7, 11) is 0. The predicted molar refractivity (Wildman–Crippen MR) is 67.1 cm³/mol. The van der Waals surface area contributed by atoms with Gasteiger partial charge in [-0.2, -0.15) is 0 Å². The average molecular weight is 244 g/mol. The minimum absolute atomic E-state index is 0.260. The molecular formula is C13H19ClFN. The summed E-state index contributed by atoms with van der Waals surface area (Å²) < 4.78 is 13.9. The third kappa shape index (κ3) is 3.19. The van der Waals surface area contributed by atoms with Crippen LogP contribution in [0.2, 0.25) is 5.02 Å². The highest BCUT2D eigenvalue weighted by atomic mass is 35.5. The van der Waals surface area contributed by atoms with E-state index >= 15 is 0 Å². The van der Waals surface area contributed by atoms with E-state index in [4.69, 9.17) is 17.3 Å². The summed E-state index contributed by atoms with van der Waals surface area (Å²) >= 11 is 5.99. The van der Waals surface area contributed by atoms with Crippen LogP contribution in [0.25, 0.3) is 0 Å². The van der Waals surface area contributed by atoms with Crippen LogP contribution in [0.4, 0.5) is 4.39 Å². The van der Waals surface area contributed by atoms with Gasteiger partial charge in [-0.25, -0.2) is 4.39 Å². The van der Waals surface area contributed by atoms with Crippen LogP contribution in [-0.2, 0) is 0 Å². The first-order chi connectivity index (χ1) is 7.43. The lowest BCUT2D eigenvalue weighted by atomic mass is 9.96. The van der Waals surface area contributed by atoms with Gasteiger partial charge in [0.2, 0.25) is 0 Å². The zero-order valence-corrected chi connectivity index (χ0v) is 10.8. The van der Waals surface area contributed by atoms with E-state index in [2.05, 4.69) is 13.8 Å². The van der Waals surface area contributed by atoms with Crippen molar-refractivity contribution in [1.29, 1.82) is 0 Å². The summed E-state index contributed by atoms with van der Waals surface area (Å²) in [4.78, 5) is 0. The van der Waals surface area contributed by atoms with Crippen LogP contribution >= 0.6 is 11.6 Å². The molecule has 1 atom stereocenters. The van der Waals surface area contributed by atoms with Crippen molar-refractivity contribution in [3.63, 3.8) is 0 Å². The van der Waals surface area contributed by atoms with Gasteiger partial charge in [-0.1, -0.05) is 31.5 Å². The molecule has 0 radical (unpaired) electrons. The monoisotopic (exact) mass is 243 g/mol. The van der Waals surface area contributed by atoms with Crippen molar-refractivity contribution in [2.75, 3.05) is 0 Å². The van der Waals surface area contributed by atoms with Crippen molar-refractivity contribution in [2.45, 2.75) is 39.7 Å². The normalized spacial score (nSPS) is 13.2. The van der Waals surface area contributed by atoms with Gasteiger partial charge in [0.05, 0.1) is 0 Å². The lowest BCUT2D eigenvalue weighted by molar-refractivity contribution is 0.489. The lowest BCUT2D eigenvalue weighted by Gasteiger charge is -2.16. The van der Waals surface area contributed by atoms with E-state index in [0.717, 1.165) is 12.8 Å². The number of halogens is 2.